The number of unbranched alkanes of at least 4 members (excludes halogenated alkanes) is 72. The van der Waals surface area contributed by atoms with Crippen LogP contribution in [0.1, 0.15) is 541 Å². The lowest BCUT2D eigenvalue weighted by Crippen LogP contribution is -2.30. The highest BCUT2D eigenvalue weighted by Gasteiger charge is 2.27. The first-order valence-corrected chi connectivity index (χ1v) is 47.2. The quantitative estimate of drug-likeness (QED) is 0.0255. The van der Waals surface area contributed by atoms with Gasteiger partial charge in [0.2, 0.25) is 0 Å². The van der Waals surface area contributed by atoms with Crippen molar-refractivity contribution in [2.45, 2.75) is 552 Å². The van der Waals surface area contributed by atoms with E-state index in [1.807, 2.05) is 0 Å². The van der Waals surface area contributed by atoms with Gasteiger partial charge in [0.1, 0.15) is 13.2 Å². The molecule has 101 heavy (non-hydrogen) atoms. The zero-order valence-corrected chi connectivity index (χ0v) is 69.6. The lowest BCUT2D eigenvalue weighted by molar-refractivity contribution is -0.156. The van der Waals surface area contributed by atoms with Crippen molar-refractivity contribution in [2.24, 2.45) is 0 Å². The number of rotatable bonds is 88. The van der Waals surface area contributed by atoms with Crippen molar-refractivity contribution in [3.05, 3.63) is 0 Å². The summed E-state index contributed by atoms with van der Waals surface area (Å²) in [6.45, 7) is 8.87. The van der Waals surface area contributed by atoms with Gasteiger partial charge >= 0.3 is 23.9 Å². The van der Waals surface area contributed by atoms with Gasteiger partial charge in [-0.2, -0.15) is 0 Å². The summed E-state index contributed by atoms with van der Waals surface area (Å²) in [5, 5.41) is 0. The minimum Gasteiger partial charge on any atom is -0.461 e. The highest BCUT2D eigenvalue weighted by molar-refractivity contribution is 8.00. The number of carbonyl (C=O) groups excluding carboxylic acids is 4. The van der Waals surface area contributed by atoms with E-state index in [0.29, 0.717) is 12.8 Å². The Kier molecular flexibility index (Phi) is 85.6. The third kappa shape index (κ3) is 83.7. The molecule has 9 heteroatoms. The van der Waals surface area contributed by atoms with E-state index in [1.54, 1.807) is 0 Å². The summed E-state index contributed by atoms with van der Waals surface area (Å²) >= 11 is 1.13. The number of esters is 4. The smallest absolute Gasteiger partial charge is 0.307 e. The average Bonchev–Trinajstić information content (AvgIpc) is 1.17. The topological polar surface area (TPSA) is 105 Å². The second kappa shape index (κ2) is 87.1. The fourth-order valence-corrected chi connectivity index (χ4v) is 15.6. The summed E-state index contributed by atoms with van der Waals surface area (Å²) in [4.78, 5) is 53.7. The molecule has 0 bridgehead atoms. The Labute approximate surface area is 635 Å². The van der Waals surface area contributed by atoms with E-state index in [4.69, 9.17) is 18.9 Å². The van der Waals surface area contributed by atoms with Gasteiger partial charge in [0.05, 0.1) is 0 Å². The van der Waals surface area contributed by atoms with Crippen LogP contribution in [0.4, 0.5) is 0 Å². The van der Waals surface area contributed by atoms with Gasteiger partial charge in [-0.25, -0.2) is 0 Å². The van der Waals surface area contributed by atoms with Gasteiger partial charge in [0.25, 0.3) is 0 Å². The summed E-state index contributed by atoms with van der Waals surface area (Å²) in [7, 11) is 0. The van der Waals surface area contributed by atoms with Gasteiger partial charge < -0.3 is 18.9 Å². The van der Waals surface area contributed by atoms with Crippen LogP contribution in [0.3, 0.4) is 0 Å². The van der Waals surface area contributed by atoms with Crippen molar-refractivity contribution in [3.8, 4) is 0 Å². The third-order valence-electron chi connectivity index (χ3n) is 21.5. The molecule has 0 aromatic carbocycles. The molecule has 0 rings (SSSR count). The Bertz CT molecular complexity index is 1520. The maximum atomic E-state index is 13.6. The predicted molar refractivity (Wildman–Crippen MR) is 441 cm³/mol. The molecule has 2 unspecified atom stereocenters. The Morgan fingerprint density at radius 2 is 0.297 bits per heavy atom. The maximum absolute atomic E-state index is 13.6. The fourth-order valence-electron chi connectivity index (χ4n) is 14.6. The largest absolute Gasteiger partial charge is 0.461 e. The Morgan fingerprint density at radius 3 is 0.436 bits per heavy atom. The standard InChI is InChI=1S/C92H178O8S/c1-5-9-13-17-21-25-29-33-37-41-45-49-53-57-61-65-69-73-77-81-87(93)97-85-91(99-89(95)83-79-75-71-67-63-59-55-51-47-43-39-35-31-27-23-19-15-11-7-3)101-92(100-90(96)84-80-76-72-68-64-60-56-52-48-44-40-36-32-28-24-20-16-12-8-4)86-98-88(94)82-78-74-70-66-62-58-54-50-46-42-38-34-30-26-22-18-14-10-6-2/h91-92H,5-86H2,1-4H3. The normalized spacial score (nSPS) is 12.2. The number of carbonyl (C=O) groups is 4. The minimum atomic E-state index is -0.900. The molecule has 0 saturated heterocycles. The van der Waals surface area contributed by atoms with Crippen LogP contribution in [0.15, 0.2) is 0 Å². The van der Waals surface area contributed by atoms with Gasteiger partial charge in [-0.1, -0.05) is 502 Å². The summed E-state index contributed by atoms with van der Waals surface area (Å²) in [6, 6.07) is 0. The molecule has 0 N–H and O–H groups in total. The van der Waals surface area contributed by atoms with Crippen LogP contribution >= 0.6 is 11.8 Å². The van der Waals surface area contributed by atoms with Crippen LogP contribution in [-0.2, 0) is 38.1 Å². The number of hydrogen-bond donors (Lipinski definition) is 0. The molecular formula is C92H178O8S. The molecule has 0 aliphatic carbocycles. The molecule has 0 spiro atoms. The molecule has 600 valence electrons. The molecule has 0 aromatic rings. The molecule has 8 nitrogen and oxygen atoms in total. The van der Waals surface area contributed by atoms with E-state index in [-0.39, 0.29) is 49.9 Å². The van der Waals surface area contributed by atoms with Gasteiger partial charge in [-0.15, -0.1) is 0 Å². The van der Waals surface area contributed by atoms with Crippen LogP contribution in [0, 0.1) is 0 Å². The lowest BCUT2D eigenvalue weighted by atomic mass is 10.0. The van der Waals surface area contributed by atoms with Gasteiger partial charge in [-0.3, -0.25) is 19.2 Å². The monoisotopic (exact) mass is 1440 g/mol. The first kappa shape index (κ1) is 99.2. The first-order chi connectivity index (χ1) is 49.9. The Morgan fingerprint density at radius 1 is 0.178 bits per heavy atom. The first-order valence-electron chi connectivity index (χ1n) is 46.2. The summed E-state index contributed by atoms with van der Waals surface area (Å²) in [6.07, 6.45) is 99.6. The van der Waals surface area contributed by atoms with Crippen LogP contribution in [0.5, 0.6) is 0 Å². The van der Waals surface area contributed by atoms with Crippen LogP contribution in [0.25, 0.3) is 0 Å². The van der Waals surface area contributed by atoms with E-state index in [9.17, 15) is 19.2 Å². The van der Waals surface area contributed by atoms with Crippen molar-refractivity contribution in [3.63, 3.8) is 0 Å². The minimum absolute atomic E-state index is 0.145. The molecular weight excluding hydrogens is 1270 g/mol. The Hall–Kier alpha value is -1.77. The van der Waals surface area contributed by atoms with Crippen molar-refractivity contribution < 1.29 is 38.1 Å². The van der Waals surface area contributed by atoms with E-state index in [1.165, 1.54) is 411 Å². The maximum Gasteiger partial charge on any atom is 0.307 e. The van der Waals surface area contributed by atoms with Crippen LogP contribution < -0.4 is 0 Å². The highest BCUT2D eigenvalue weighted by Crippen LogP contribution is 2.26. The fraction of sp³-hybridized carbons (Fsp3) is 0.957. The van der Waals surface area contributed by atoms with Crippen molar-refractivity contribution >= 4 is 35.6 Å². The number of ether oxygens (including phenoxy) is 4. The molecule has 0 aliphatic rings. The van der Waals surface area contributed by atoms with E-state index in [0.717, 1.165) is 88.8 Å². The molecule has 0 amide bonds. The SMILES string of the molecule is CCCCCCCCCCCCCCCCCCCCCC(=O)OCC(OC(=O)CCCCCCCCCCCCCCCCCCCCC)SC(COC(=O)CCCCCCCCCCCCCCCCCCCCC)OC(=O)CCCCCCCCCCCCCCCCCCCCC. The molecule has 0 saturated carbocycles. The summed E-state index contributed by atoms with van der Waals surface area (Å²) in [5.74, 6) is -1.29. The average molecular weight is 1440 g/mol. The van der Waals surface area contributed by atoms with Gasteiger partial charge in [0.15, 0.2) is 10.9 Å². The number of hydrogen-bond acceptors (Lipinski definition) is 9. The van der Waals surface area contributed by atoms with E-state index < -0.39 is 10.9 Å². The zero-order chi connectivity index (χ0) is 73.0. The molecule has 0 aromatic heterocycles. The van der Waals surface area contributed by atoms with Gasteiger partial charge in [0, 0.05) is 25.7 Å². The highest BCUT2D eigenvalue weighted by atomic mass is 32.2. The predicted octanol–water partition coefficient (Wildman–Crippen LogP) is 31.8. The van der Waals surface area contributed by atoms with Gasteiger partial charge in [-0.05, 0) is 25.7 Å². The van der Waals surface area contributed by atoms with Crippen molar-refractivity contribution in [1.82, 2.24) is 0 Å². The Balaban J connectivity index is 5.29. The third-order valence-corrected chi connectivity index (χ3v) is 22.6. The van der Waals surface area contributed by atoms with Crippen LogP contribution in [0.2, 0.25) is 0 Å². The van der Waals surface area contributed by atoms with E-state index >= 15 is 0 Å². The molecule has 0 radical (unpaired) electrons. The zero-order valence-electron chi connectivity index (χ0n) is 68.8. The molecule has 2 atom stereocenters. The lowest BCUT2D eigenvalue weighted by Gasteiger charge is -2.23. The molecule has 0 heterocycles. The van der Waals surface area contributed by atoms with Crippen LogP contribution in [-0.4, -0.2) is 48.0 Å². The molecule has 0 fully saturated rings. The second-order valence-corrected chi connectivity index (χ2v) is 33.1. The van der Waals surface area contributed by atoms with E-state index in [2.05, 4.69) is 27.7 Å². The molecule has 0 aliphatic heterocycles. The number of thioether (sulfide) groups is 1. The summed E-state index contributed by atoms with van der Waals surface area (Å²) in [5.41, 5.74) is -1.80. The van der Waals surface area contributed by atoms with Crippen molar-refractivity contribution in [2.75, 3.05) is 13.2 Å². The summed E-state index contributed by atoms with van der Waals surface area (Å²) < 4.78 is 23.9. The second-order valence-electron chi connectivity index (χ2n) is 31.8. The van der Waals surface area contributed by atoms with Crippen molar-refractivity contribution in [1.29, 1.82) is 0 Å².